The van der Waals surface area contributed by atoms with Crippen molar-refractivity contribution in [1.82, 2.24) is 14.1 Å². The molecule has 0 unspecified atom stereocenters. The lowest BCUT2D eigenvalue weighted by Gasteiger charge is -2.25. The molecule has 2 amide bonds. The second-order valence-corrected chi connectivity index (χ2v) is 13.9. The molecular weight excluding hydrogens is 603 g/mol. The molecule has 1 aliphatic carbocycles. The zero-order valence-electron chi connectivity index (χ0n) is 24.2. The van der Waals surface area contributed by atoms with Crippen molar-refractivity contribution in [1.29, 1.82) is 0 Å². The topological polar surface area (TPSA) is 109 Å². The van der Waals surface area contributed by atoms with Crippen molar-refractivity contribution in [2.75, 3.05) is 39.9 Å². The average molecular weight is 640 g/mol. The monoisotopic (exact) mass is 638 g/mol. The van der Waals surface area contributed by atoms with Gasteiger partial charge in [0, 0.05) is 31.7 Å². The van der Waals surface area contributed by atoms with Gasteiger partial charge in [-0.15, -0.1) is 0 Å². The van der Waals surface area contributed by atoms with Gasteiger partial charge >= 0.3 is 6.09 Å². The average Bonchev–Trinajstić information content (AvgIpc) is 3.61. The summed E-state index contributed by atoms with van der Waals surface area (Å²) in [6, 6.07) is 11.9. The van der Waals surface area contributed by atoms with Gasteiger partial charge in [-0.25, -0.2) is 13.2 Å². The molecule has 42 heavy (non-hydrogen) atoms. The molecule has 4 rings (SSSR count). The Morgan fingerprint density at radius 2 is 1.71 bits per heavy atom. The first-order valence-corrected chi connectivity index (χ1v) is 15.9. The van der Waals surface area contributed by atoms with Gasteiger partial charge in [0.15, 0.2) is 0 Å². The molecule has 1 aliphatic heterocycles. The molecule has 0 saturated heterocycles. The van der Waals surface area contributed by atoms with Gasteiger partial charge in [0.25, 0.3) is 0 Å². The first-order valence-electron chi connectivity index (χ1n) is 13.7. The van der Waals surface area contributed by atoms with E-state index in [1.54, 1.807) is 13.1 Å². The molecule has 1 saturated carbocycles. The molecule has 0 atom stereocenters. The quantitative estimate of drug-likeness (QED) is 0.327. The van der Waals surface area contributed by atoms with Gasteiger partial charge in [0.1, 0.15) is 22.9 Å². The SMILES string of the molecule is CN(Cc1ccc(C2=NCCN2C(=O)OC(C)(C)C)cc1)C(=O)COCCN(C1CC1)S(=O)(=O)c1c(Cl)cccc1Cl. The number of carbonyl (C=O) groups is 2. The van der Waals surface area contributed by atoms with E-state index in [1.165, 1.54) is 26.2 Å². The van der Waals surface area contributed by atoms with Crippen molar-refractivity contribution in [3.8, 4) is 0 Å². The predicted octanol–water partition coefficient (Wildman–Crippen LogP) is 4.82. The van der Waals surface area contributed by atoms with Crippen LogP contribution in [-0.4, -0.2) is 91.9 Å². The van der Waals surface area contributed by atoms with Crippen LogP contribution in [0.2, 0.25) is 10.0 Å². The number of nitrogens with zero attached hydrogens (tertiary/aromatic N) is 4. The molecule has 1 heterocycles. The summed E-state index contributed by atoms with van der Waals surface area (Å²) in [5.41, 5.74) is 1.07. The molecule has 2 aliphatic rings. The highest BCUT2D eigenvalue weighted by atomic mass is 35.5. The first-order chi connectivity index (χ1) is 19.8. The standard InChI is InChI=1S/C29H36Cl2N4O6S/c1-29(2,3)41-28(37)34-15-14-32-27(34)21-10-8-20(9-11-21)18-33(4)25(36)19-40-17-16-35(22-12-13-22)42(38,39)26-23(30)6-5-7-24(26)31/h5-11,22H,12-19H2,1-4H3. The van der Waals surface area contributed by atoms with E-state index in [0.29, 0.717) is 25.5 Å². The van der Waals surface area contributed by atoms with Gasteiger partial charge in [0.05, 0.1) is 29.7 Å². The van der Waals surface area contributed by atoms with E-state index < -0.39 is 21.7 Å². The van der Waals surface area contributed by atoms with Crippen LogP contribution in [-0.2, 0) is 30.8 Å². The van der Waals surface area contributed by atoms with Crippen LogP contribution in [0.15, 0.2) is 52.4 Å². The number of amides is 2. The normalized spacial score (nSPS) is 15.6. The molecule has 2 aromatic rings. The summed E-state index contributed by atoms with van der Waals surface area (Å²) in [7, 11) is -2.25. The van der Waals surface area contributed by atoms with Gasteiger partial charge in [-0.05, 0) is 51.3 Å². The number of ether oxygens (including phenoxy) is 2. The van der Waals surface area contributed by atoms with Crippen LogP contribution >= 0.6 is 23.2 Å². The maximum Gasteiger partial charge on any atom is 0.416 e. The Kier molecular flexibility index (Phi) is 10.2. The maximum absolute atomic E-state index is 13.3. The van der Waals surface area contributed by atoms with Gasteiger partial charge in [0.2, 0.25) is 15.9 Å². The summed E-state index contributed by atoms with van der Waals surface area (Å²) < 4.78 is 39.0. The van der Waals surface area contributed by atoms with Crippen LogP contribution in [0.5, 0.6) is 0 Å². The van der Waals surface area contributed by atoms with Gasteiger partial charge in [-0.2, -0.15) is 4.31 Å². The van der Waals surface area contributed by atoms with Crippen molar-refractivity contribution >= 4 is 51.1 Å². The molecular formula is C29H36Cl2N4O6S. The summed E-state index contributed by atoms with van der Waals surface area (Å²) in [5, 5.41) is 0.131. The lowest BCUT2D eigenvalue weighted by atomic mass is 10.1. The lowest BCUT2D eigenvalue weighted by molar-refractivity contribution is -0.135. The summed E-state index contributed by atoms with van der Waals surface area (Å²) in [5.74, 6) is 0.318. The second-order valence-electron chi connectivity index (χ2n) is 11.2. The number of aliphatic imine (C=N–C) groups is 1. The van der Waals surface area contributed by atoms with Crippen molar-refractivity contribution in [3.05, 3.63) is 63.6 Å². The Morgan fingerprint density at radius 3 is 2.31 bits per heavy atom. The predicted molar refractivity (Wildman–Crippen MR) is 161 cm³/mol. The molecule has 0 spiro atoms. The largest absolute Gasteiger partial charge is 0.443 e. The van der Waals surface area contributed by atoms with E-state index in [9.17, 15) is 18.0 Å². The van der Waals surface area contributed by atoms with Gasteiger partial charge in [-0.1, -0.05) is 53.5 Å². The number of amidine groups is 1. The number of sulfonamides is 1. The Labute approximate surface area is 257 Å². The molecule has 10 nitrogen and oxygen atoms in total. The molecule has 0 radical (unpaired) electrons. The van der Waals surface area contributed by atoms with Gasteiger partial charge in [-0.3, -0.25) is 14.7 Å². The third kappa shape index (κ3) is 8.02. The molecule has 0 aromatic heterocycles. The molecule has 0 bridgehead atoms. The van der Waals surface area contributed by atoms with Crippen LogP contribution in [0, 0.1) is 0 Å². The Bertz CT molecular complexity index is 1420. The number of carbonyl (C=O) groups excluding carboxylic acids is 2. The highest BCUT2D eigenvalue weighted by molar-refractivity contribution is 7.89. The minimum atomic E-state index is -3.93. The number of likely N-dealkylation sites (N-methyl/N-ethyl adjacent to an activating group) is 1. The van der Waals surface area contributed by atoms with Crippen molar-refractivity contribution in [2.45, 2.75) is 56.7 Å². The van der Waals surface area contributed by atoms with E-state index in [0.717, 1.165) is 24.0 Å². The van der Waals surface area contributed by atoms with Crippen LogP contribution in [0.25, 0.3) is 0 Å². The molecule has 0 N–H and O–H groups in total. The highest BCUT2D eigenvalue weighted by Gasteiger charge is 2.39. The molecule has 13 heteroatoms. The zero-order valence-corrected chi connectivity index (χ0v) is 26.5. The first kappa shape index (κ1) is 32.2. The minimum Gasteiger partial charge on any atom is -0.443 e. The van der Waals surface area contributed by atoms with E-state index >= 15 is 0 Å². The summed E-state index contributed by atoms with van der Waals surface area (Å²) in [4.78, 5) is 32.7. The lowest BCUT2D eigenvalue weighted by Crippen LogP contribution is -2.39. The van der Waals surface area contributed by atoms with Crippen molar-refractivity contribution in [3.63, 3.8) is 0 Å². The van der Waals surface area contributed by atoms with Crippen LogP contribution in [0.4, 0.5) is 4.79 Å². The Hall–Kier alpha value is -2.70. The second kappa shape index (κ2) is 13.3. The fourth-order valence-electron chi connectivity index (χ4n) is 4.44. The number of rotatable bonds is 11. The van der Waals surface area contributed by atoms with Crippen LogP contribution < -0.4 is 0 Å². The van der Waals surface area contributed by atoms with E-state index in [-0.39, 0.29) is 46.6 Å². The molecule has 1 fully saturated rings. The zero-order chi connectivity index (χ0) is 30.7. The highest BCUT2D eigenvalue weighted by Crippen LogP contribution is 2.37. The fraction of sp³-hybridized carbons (Fsp3) is 0.483. The number of benzene rings is 2. The van der Waals surface area contributed by atoms with Crippen molar-refractivity contribution in [2.24, 2.45) is 4.99 Å². The Morgan fingerprint density at radius 1 is 1.07 bits per heavy atom. The summed E-state index contributed by atoms with van der Waals surface area (Å²) >= 11 is 12.3. The minimum absolute atomic E-state index is 0.0440. The third-order valence-corrected chi connectivity index (χ3v) is 9.54. The van der Waals surface area contributed by atoms with E-state index in [2.05, 4.69) is 4.99 Å². The molecule has 2 aromatic carbocycles. The van der Waals surface area contributed by atoms with Gasteiger partial charge < -0.3 is 14.4 Å². The van der Waals surface area contributed by atoms with Crippen molar-refractivity contribution < 1.29 is 27.5 Å². The Balaban J connectivity index is 1.27. The maximum atomic E-state index is 13.3. The fourth-order valence-corrected chi connectivity index (χ4v) is 7.21. The third-order valence-electron chi connectivity index (χ3n) is 6.63. The summed E-state index contributed by atoms with van der Waals surface area (Å²) in [6.45, 7) is 6.71. The number of hydrogen-bond acceptors (Lipinski definition) is 7. The molecule has 228 valence electrons. The smallest absolute Gasteiger partial charge is 0.416 e. The number of halogens is 2. The number of hydrogen-bond donors (Lipinski definition) is 0. The van der Waals surface area contributed by atoms with Crippen LogP contribution in [0.1, 0.15) is 44.7 Å². The van der Waals surface area contributed by atoms with E-state index in [1.807, 2.05) is 45.0 Å². The van der Waals surface area contributed by atoms with Crippen LogP contribution in [0.3, 0.4) is 0 Å². The van der Waals surface area contributed by atoms with E-state index in [4.69, 9.17) is 32.7 Å². The summed E-state index contributed by atoms with van der Waals surface area (Å²) in [6.07, 6.45) is 1.06.